The fraction of sp³-hybridized carbons (Fsp3) is 0.310. The lowest BCUT2D eigenvalue weighted by molar-refractivity contribution is -0.127. The first-order valence-electron chi connectivity index (χ1n) is 12.9. The van der Waals surface area contributed by atoms with Gasteiger partial charge < -0.3 is 10.3 Å². The maximum absolute atomic E-state index is 13.2. The Morgan fingerprint density at radius 2 is 1.57 bits per heavy atom. The molecule has 6 rings (SSSR count). The van der Waals surface area contributed by atoms with Crippen LogP contribution in [0.4, 0.5) is 0 Å². The summed E-state index contributed by atoms with van der Waals surface area (Å²) in [7, 11) is -3.70. The lowest BCUT2D eigenvalue weighted by Gasteiger charge is -2.30. The summed E-state index contributed by atoms with van der Waals surface area (Å²) in [6.45, 7) is 0. The number of H-pyrrole nitrogens is 1. The third-order valence-electron chi connectivity index (χ3n) is 7.67. The molecule has 8 heteroatoms. The van der Waals surface area contributed by atoms with Gasteiger partial charge in [0.15, 0.2) is 0 Å². The van der Waals surface area contributed by atoms with Crippen LogP contribution in [-0.4, -0.2) is 30.3 Å². The molecule has 0 spiro atoms. The first kappa shape index (κ1) is 23.9. The van der Waals surface area contributed by atoms with E-state index in [1.165, 1.54) is 0 Å². The van der Waals surface area contributed by atoms with Gasteiger partial charge in [0.1, 0.15) is 5.82 Å². The van der Waals surface area contributed by atoms with Gasteiger partial charge in [0.05, 0.1) is 21.5 Å². The molecule has 4 aromatic rings. The van der Waals surface area contributed by atoms with Crippen molar-refractivity contribution in [1.29, 1.82) is 0 Å². The number of carbonyl (C=O) groups excluding carboxylic acids is 1. The predicted octanol–water partition coefficient (Wildman–Crippen LogP) is 4.87. The van der Waals surface area contributed by atoms with Gasteiger partial charge in [-0.05, 0) is 62.3 Å². The molecule has 0 atom stereocenters. The molecule has 1 amide bonds. The minimum atomic E-state index is -3.70. The fourth-order valence-electron chi connectivity index (χ4n) is 5.36. The first-order valence-corrected chi connectivity index (χ1v) is 14.4. The van der Waals surface area contributed by atoms with Gasteiger partial charge in [-0.1, -0.05) is 60.7 Å². The third-order valence-corrected chi connectivity index (χ3v) is 9.19. The van der Waals surface area contributed by atoms with E-state index < -0.39 is 10.0 Å². The molecule has 2 saturated carbocycles. The molecule has 2 fully saturated rings. The van der Waals surface area contributed by atoms with E-state index in [4.69, 9.17) is 0 Å². The van der Waals surface area contributed by atoms with Crippen LogP contribution in [0.25, 0.3) is 22.4 Å². The van der Waals surface area contributed by atoms with Gasteiger partial charge in [0.2, 0.25) is 15.9 Å². The van der Waals surface area contributed by atoms with E-state index in [1.807, 2.05) is 48.5 Å². The van der Waals surface area contributed by atoms with Crippen molar-refractivity contribution < 1.29 is 13.2 Å². The second kappa shape index (κ2) is 9.43. The van der Waals surface area contributed by atoms with Crippen molar-refractivity contribution in [2.24, 2.45) is 5.92 Å². The van der Waals surface area contributed by atoms with E-state index in [9.17, 15) is 13.2 Å². The van der Waals surface area contributed by atoms with E-state index in [2.05, 4.69) is 32.1 Å². The highest BCUT2D eigenvalue weighted by molar-refractivity contribution is 7.89. The minimum Gasteiger partial charge on any atom is -0.346 e. The van der Waals surface area contributed by atoms with Crippen LogP contribution in [0.3, 0.4) is 0 Å². The number of amides is 1. The van der Waals surface area contributed by atoms with Crippen LogP contribution in [0.15, 0.2) is 83.8 Å². The highest BCUT2D eigenvalue weighted by Crippen LogP contribution is 2.46. The second-order valence-corrected chi connectivity index (χ2v) is 12.0. The van der Waals surface area contributed by atoms with Crippen LogP contribution < -0.4 is 10.0 Å². The van der Waals surface area contributed by atoms with Gasteiger partial charge in [-0.2, -0.15) is 0 Å². The average molecular weight is 515 g/mol. The lowest BCUT2D eigenvalue weighted by Crippen LogP contribution is -2.43. The van der Waals surface area contributed by atoms with E-state index in [0.717, 1.165) is 24.0 Å². The third kappa shape index (κ3) is 4.91. The minimum absolute atomic E-state index is 0.0836. The topological polar surface area (TPSA) is 104 Å². The summed E-state index contributed by atoms with van der Waals surface area (Å²) < 4.78 is 29.2. The smallest absolute Gasteiger partial charge is 0.240 e. The Morgan fingerprint density at radius 3 is 2.24 bits per heavy atom. The number of aromatic amines is 1. The SMILES string of the molecule is O=C(NC1(c2ccccc2)CC1)C1CCC(NS(=O)(=O)c2ccc3nc(-c4ccccc4)[nH]c3c2)CC1. The number of imidazole rings is 1. The van der Waals surface area contributed by atoms with Gasteiger partial charge in [0, 0.05) is 17.5 Å². The van der Waals surface area contributed by atoms with Gasteiger partial charge >= 0.3 is 0 Å². The van der Waals surface area contributed by atoms with Gasteiger partial charge in [-0.25, -0.2) is 18.1 Å². The van der Waals surface area contributed by atoms with E-state index >= 15 is 0 Å². The Hall–Kier alpha value is -3.49. The molecule has 0 bridgehead atoms. The Kier molecular flexibility index (Phi) is 6.09. The molecule has 0 radical (unpaired) electrons. The summed E-state index contributed by atoms with van der Waals surface area (Å²) in [5.74, 6) is 0.705. The van der Waals surface area contributed by atoms with E-state index in [0.29, 0.717) is 42.5 Å². The number of benzene rings is 3. The summed E-state index contributed by atoms with van der Waals surface area (Å²) in [6, 6.07) is 24.6. The summed E-state index contributed by atoms with van der Waals surface area (Å²) in [6.07, 6.45) is 4.55. The zero-order chi connectivity index (χ0) is 25.5. The average Bonchev–Trinajstić information content (AvgIpc) is 3.58. The summed E-state index contributed by atoms with van der Waals surface area (Å²) >= 11 is 0. The zero-order valence-electron chi connectivity index (χ0n) is 20.5. The molecule has 2 aliphatic carbocycles. The van der Waals surface area contributed by atoms with Crippen LogP contribution in [0.5, 0.6) is 0 Å². The fourth-order valence-corrected chi connectivity index (χ4v) is 6.69. The Labute approximate surface area is 216 Å². The summed E-state index contributed by atoms with van der Waals surface area (Å²) in [5, 5.41) is 3.29. The number of nitrogens with one attached hydrogen (secondary N) is 3. The van der Waals surface area contributed by atoms with Gasteiger partial charge in [0.25, 0.3) is 0 Å². The zero-order valence-corrected chi connectivity index (χ0v) is 21.3. The number of fused-ring (bicyclic) bond motifs is 1. The van der Waals surface area contributed by atoms with Crippen LogP contribution in [0, 0.1) is 5.92 Å². The molecule has 0 aliphatic heterocycles. The number of rotatable bonds is 7. The number of hydrogen-bond donors (Lipinski definition) is 3. The molecule has 3 aromatic carbocycles. The molecule has 7 nitrogen and oxygen atoms in total. The van der Waals surface area contributed by atoms with Crippen molar-refractivity contribution in [1.82, 2.24) is 20.0 Å². The molecule has 190 valence electrons. The van der Waals surface area contributed by atoms with Crippen molar-refractivity contribution in [3.63, 3.8) is 0 Å². The maximum Gasteiger partial charge on any atom is 0.240 e. The number of aromatic nitrogens is 2. The largest absolute Gasteiger partial charge is 0.346 e. The van der Waals surface area contributed by atoms with Gasteiger partial charge in [-0.3, -0.25) is 4.79 Å². The lowest BCUT2D eigenvalue weighted by atomic mass is 9.85. The number of carbonyl (C=O) groups is 1. The normalized spacial score (nSPS) is 21.0. The highest BCUT2D eigenvalue weighted by Gasteiger charge is 2.46. The van der Waals surface area contributed by atoms with Crippen LogP contribution >= 0.6 is 0 Å². The van der Waals surface area contributed by atoms with Crippen LogP contribution in [0.2, 0.25) is 0 Å². The van der Waals surface area contributed by atoms with Crippen LogP contribution in [0.1, 0.15) is 44.1 Å². The Bertz CT molecular complexity index is 1520. The predicted molar refractivity (Wildman–Crippen MR) is 143 cm³/mol. The number of sulfonamides is 1. The first-order chi connectivity index (χ1) is 17.9. The van der Waals surface area contributed by atoms with Crippen molar-refractivity contribution in [2.75, 3.05) is 0 Å². The van der Waals surface area contributed by atoms with E-state index in [1.54, 1.807) is 18.2 Å². The molecule has 3 N–H and O–H groups in total. The Balaban J connectivity index is 1.08. The molecule has 0 unspecified atom stereocenters. The van der Waals surface area contributed by atoms with Crippen LogP contribution in [-0.2, 0) is 20.4 Å². The molecular weight excluding hydrogens is 484 g/mol. The van der Waals surface area contributed by atoms with Crippen molar-refractivity contribution in [3.05, 3.63) is 84.4 Å². The molecule has 0 saturated heterocycles. The molecule has 2 aliphatic rings. The standard InChI is InChI=1S/C29H30N4O3S/c34-28(32-29(17-18-29)22-9-5-2-6-10-22)21-11-13-23(14-12-21)33-37(35,36)24-15-16-25-26(19-24)31-27(30-25)20-7-3-1-4-8-20/h1-10,15-16,19,21,23,33H,11-14,17-18H2,(H,30,31)(H,32,34). The molecule has 37 heavy (non-hydrogen) atoms. The molecule has 1 heterocycles. The second-order valence-electron chi connectivity index (χ2n) is 10.2. The summed E-state index contributed by atoms with van der Waals surface area (Å²) in [4.78, 5) is 21.0. The summed E-state index contributed by atoms with van der Waals surface area (Å²) in [5.41, 5.74) is 3.28. The van der Waals surface area contributed by atoms with Crippen molar-refractivity contribution >= 4 is 27.0 Å². The number of hydrogen-bond acceptors (Lipinski definition) is 4. The highest BCUT2D eigenvalue weighted by atomic mass is 32.2. The quantitative estimate of drug-likeness (QED) is 0.327. The monoisotopic (exact) mass is 514 g/mol. The maximum atomic E-state index is 13.2. The Morgan fingerprint density at radius 1 is 0.892 bits per heavy atom. The van der Waals surface area contributed by atoms with Crippen molar-refractivity contribution in [3.8, 4) is 11.4 Å². The molecule has 1 aromatic heterocycles. The number of nitrogens with zero attached hydrogens (tertiary/aromatic N) is 1. The van der Waals surface area contributed by atoms with Crippen molar-refractivity contribution in [2.45, 2.75) is 55.0 Å². The van der Waals surface area contributed by atoms with Gasteiger partial charge in [-0.15, -0.1) is 0 Å². The van der Waals surface area contributed by atoms with E-state index in [-0.39, 0.29) is 28.3 Å². The molecular formula is C29H30N4O3S.